The van der Waals surface area contributed by atoms with Crippen LogP contribution in [0.5, 0.6) is 0 Å². The number of thiazole rings is 1. The van der Waals surface area contributed by atoms with Crippen molar-refractivity contribution in [3.8, 4) is 0 Å². The largest absolute Gasteiger partial charge is 0.481 e. The van der Waals surface area contributed by atoms with Crippen LogP contribution in [0.1, 0.15) is 17.0 Å². The number of anilines is 1. The van der Waals surface area contributed by atoms with Crippen molar-refractivity contribution in [2.45, 2.75) is 19.4 Å². The maximum absolute atomic E-state index is 14.0. The lowest BCUT2D eigenvalue weighted by Crippen LogP contribution is -2.41. The molecular weight excluding hydrogens is 473 g/mol. The number of fused-ring (bicyclic) bond motifs is 2. The summed E-state index contributed by atoms with van der Waals surface area (Å²) in [6, 6.07) is 5.69. The highest BCUT2D eigenvalue weighted by atomic mass is 79.9. The summed E-state index contributed by atoms with van der Waals surface area (Å²) in [4.78, 5) is 29.5. The van der Waals surface area contributed by atoms with Gasteiger partial charge >= 0.3 is 5.97 Å². The second kappa shape index (κ2) is 7.42. The minimum atomic E-state index is -1.34. The first-order valence-corrected chi connectivity index (χ1v) is 10.1. The van der Waals surface area contributed by atoms with Gasteiger partial charge in [-0.25, -0.2) is 18.2 Å². The Hall–Kier alpha value is -2.46. The first kappa shape index (κ1) is 19.8. The number of nitrogens with zero attached hydrogens (tertiary/aromatic N) is 2. The Labute approximate surface area is 174 Å². The van der Waals surface area contributed by atoms with E-state index in [2.05, 4.69) is 20.9 Å². The normalized spacial score (nSPS) is 16.3. The van der Waals surface area contributed by atoms with Gasteiger partial charge in [0.2, 0.25) is 5.91 Å². The summed E-state index contributed by atoms with van der Waals surface area (Å²) in [6.07, 6.45) is -0.0862. The second-order valence-electron chi connectivity index (χ2n) is 6.60. The minimum Gasteiger partial charge on any atom is -0.481 e. The third-order valence-electron chi connectivity index (χ3n) is 4.72. The molecular formula is C19H12BrF3N2O3S. The van der Waals surface area contributed by atoms with Crippen LogP contribution in [0.15, 0.2) is 28.7 Å². The van der Waals surface area contributed by atoms with Crippen LogP contribution in [0.4, 0.5) is 18.9 Å². The Morgan fingerprint density at radius 2 is 2.07 bits per heavy atom. The number of aliphatic carboxylic acids is 1. The third kappa shape index (κ3) is 3.51. The van der Waals surface area contributed by atoms with Crippen LogP contribution in [0, 0.1) is 23.4 Å². The molecule has 1 aromatic heterocycles. The summed E-state index contributed by atoms with van der Waals surface area (Å²) in [5, 5.41) is 9.35. The number of halogens is 4. The first-order chi connectivity index (χ1) is 13.8. The molecule has 0 spiro atoms. The topological polar surface area (TPSA) is 70.5 Å². The Morgan fingerprint density at radius 3 is 2.79 bits per heavy atom. The molecule has 0 fully saturated rings. The Morgan fingerprint density at radius 1 is 1.31 bits per heavy atom. The molecule has 0 aliphatic carbocycles. The molecule has 1 amide bonds. The van der Waals surface area contributed by atoms with E-state index in [1.807, 2.05) is 0 Å². The van der Waals surface area contributed by atoms with Crippen LogP contribution in [0.3, 0.4) is 0 Å². The first-order valence-electron chi connectivity index (χ1n) is 8.49. The lowest BCUT2D eigenvalue weighted by molar-refractivity contribution is -0.140. The summed E-state index contributed by atoms with van der Waals surface area (Å²) in [6.45, 7) is -0.113. The van der Waals surface area contributed by atoms with Gasteiger partial charge in [-0.05, 0) is 24.1 Å². The van der Waals surface area contributed by atoms with E-state index >= 15 is 0 Å². The molecule has 0 bridgehead atoms. The summed E-state index contributed by atoms with van der Waals surface area (Å²) >= 11 is 4.25. The van der Waals surface area contributed by atoms with E-state index in [1.165, 1.54) is 4.90 Å². The highest BCUT2D eigenvalue weighted by Crippen LogP contribution is 2.38. The smallest absolute Gasteiger partial charge is 0.304 e. The third-order valence-corrected chi connectivity index (χ3v) is 6.52. The Kier molecular flexibility index (Phi) is 5.07. The highest BCUT2D eigenvalue weighted by molar-refractivity contribution is 9.10. The predicted molar refractivity (Wildman–Crippen MR) is 104 cm³/mol. The Balaban J connectivity index is 1.77. The maximum atomic E-state index is 14.0. The molecule has 1 aliphatic heterocycles. The molecule has 10 heteroatoms. The fourth-order valence-electron chi connectivity index (χ4n) is 3.44. The number of hydrogen-bond donors (Lipinski definition) is 1. The maximum Gasteiger partial charge on any atom is 0.304 e. The standard InChI is InChI=1S/C19H12BrF3N2O3S/c20-10-2-1-3-13-9(10)4-8(5-15(26)27)19(28)25(13)7-14-24-17-16(23)11(21)6-12(22)18(17)29-14/h1-3,6,8H,4-5,7H2,(H,26,27). The van der Waals surface area contributed by atoms with Gasteiger partial charge in [0.25, 0.3) is 0 Å². The van der Waals surface area contributed by atoms with Crippen molar-refractivity contribution in [2.75, 3.05) is 4.90 Å². The molecule has 4 rings (SSSR count). The zero-order chi connectivity index (χ0) is 20.9. The molecule has 1 unspecified atom stereocenters. The lowest BCUT2D eigenvalue weighted by atomic mass is 9.89. The number of hydrogen-bond acceptors (Lipinski definition) is 4. The summed E-state index contributed by atoms with van der Waals surface area (Å²) in [5.41, 5.74) is 0.906. The van der Waals surface area contributed by atoms with E-state index in [1.54, 1.807) is 18.2 Å². The van der Waals surface area contributed by atoms with Crippen LogP contribution in [-0.2, 0) is 22.6 Å². The fraction of sp³-hybridized carbons (Fsp3) is 0.211. The van der Waals surface area contributed by atoms with Crippen molar-refractivity contribution in [2.24, 2.45) is 5.92 Å². The van der Waals surface area contributed by atoms with Gasteiger partial charge in [0, 0.05) is 16.2 Å². The molecule has 5 nitrogen and oxygen atoms in total. The molecule has 150 valence electrons. The van der Waals surface area contributed by atoms with Gasteiger partial charge in [-0.3, -0.25) is 9.59 Å². The van der Waals surface area contributed by atoms with Gasteiger partial charge < -0.3 is 10.0 Å². The molecule has 0 saturated carbocycles. The van der Waals surface area contributed by atoms with E-state index in [0.717, 1.165) is 21.4 Å². The monoisotopic (exact) mass is 484 g/mol. The van der Waals surface area contributed by atoms with Crippen molar-refractivity contribution < 1.29 is 27.9 Å². The van der Waals surface area contributed by atoms with Crippen molar-refractivity contribution in [1.29, 1.82) is 0 Å². The van der Waals surface area contributed by atoms with Crippen molar-refractivity contribution in [3.05, 3.63) is 56.8 Å². The van der Waals surface area contributed by atoms with Crippen molar-refractivity contribution in [3.63, 3.8) is 0 Å². The molecule has 1 aliphatic rings. The number of carbonyl (C=O) groups excluding carboxylic acids is 1. The van der Waals surface area contributed by atoms with Gasteiger partial charge in [-0.15, -0.1) is 11.3 Å². The van der Waals surface area contributed by atoms with E-state index in [-0.39, 0.29) is 29.1 Å². The number of aromatic nitrogens is 1. The van der Waals surface area contributed by atoms with Crippen molar-refractivity contribution in [1.82, 2.24) is 4.98 Å². The summed E-state index contributed by atoms with van der Waals surface area (Å²) < 4.78 is 42.1. The number of amides is 1. The fourth-order valence-corrected chi connectivity index (χ4v) is 4.91. The van der Waals surface area contributed by atoms with Crippen LogP contribution in [0.25, 0.3) is 10.2 Å². The van der Waals surface area contributed by atoms with E-state index in [0.29, 0.717) is 11.8 Å². The number of carbonyl (C=O) groups is 2. The van der Waals surface area contributed by atoms with Crippen molar-refractivity contribution >= 4 is 55.0 Å². The summed E-state index contributed by atoms with van der Waals surface area (Å²) in [7, 11) is 0. The number of rotatable bonds is 4. The number of carboxylic acid groups (broad SMARTS) is 1. The number of benzene rings is 2. The van der Waals surface area contributed by atoms with Gasteiger partial charge in [0.05, 0.1) is 23.6 Å². The van der Waals surface area contributed by atoms with Gasteiger partial charge in [-0.1, -0.05) is 22.0 Å². The van der Waals surface area contributed by atoms with E-state index in [9.17, 15) is 22.8 Å². The van der Waals surface area contributed by atoms with E-state index < -0.39 is 40.8 Å². The predicted octanol–water partition coefficient (Wildman–Crippen LogP) is 4.66. The average molecular weight is 485 g/mol. The van der Waals surface area contributed by atoms with Gasteiger partial charge in [0.15, 0.2) is 11.6 Å². The van der Waals surface area contributed by atoms with Crippen LogP contribution in [-0.4, -0.2) is 22.0 Å². The lowest BCUT2D eigenvalue weighted by Gasteiger charge is -2.33. The highest BCUT2D eigenvalue weighted by Gasteiger charge is 2.35. The quantitative estimate of drug-likeness (QED) is 0.546. The average Bonchev–Trinajstić information content (AvgIpc) is 3.08. The molecule has 2 heterocycles. The molecule has 2 aromatic carbocycles. The Bertz CT molecular complexity index is 1170. The molecule has 0 radical (unpaired) electrons. The van der Waals surface area contributed by atoms with Gasteiger partial charge in [0.1, 0.15) is 16.3 Å². The van der Waals surface area contributed by atoms with E-state index in [4.69, 9.17) is 5.11 Å². The van der Waals surface area contributed by atoms with Crippen LogP contribution in [0.2, 0.25) is 0 Å². The summed E-state index contributed by atoms with van der Waals surface area (Å²) in [5.74, 6) is -5.81. The van der Waals surface area contributed by atoms with Crippen LogP contribution < -0.4 is 4.90 Å². The number of carboxylic acids is 1. The second-order valence-corrected chi connectivity index (χ2v) is 8.54. The molecule has 1 N–H and O–H groups in total. The van der Waals surface area contributed by atoms with Gasteiger partial charge in [-0.2, -0.15) is 0 Å². The van der Waals surface area contributed by atoms with Crippen LogP contribution >= 0.6 is 27.3 Å². The SMILES string of the molecule is O=C(O)CC1Cc2c(Br)cccc2N(Cc2nc3c(F)c(F)cc(F)c3s2)C1=O. The molecule has 1 atom stereocenters. The molecule has 29 heavy (non-hydrogen) atoms. The molecule has 0 saturated heterocycles. The zero-order valence-corrected chi connectivity index (χ0v) is 17.0. The minimum absolute atomic E-state index is 0.113. The zero-order valence-electron chi connectivity index (χ0n) is 14.6. The molecule has 3 aromatic rings.